The van der Waals surface area contributed by atoms with Gasteiger partial charge >= 0.3 is 17.9 Å². The Morgan fingerprint density at radius 3 is 1.37 bits per heavy atom. The summed E-state index contributed by atoms with van der Waals surface area (Å²) in [6, 6.07) is 0. The van der Waals surface area contributed by atoms with Crippen molar-refractivity contribution in [2.24, 2.45) is 10.8 Å². The van der Waals surface area contributed by atoms with Crippen LogP contribution in [0.5, 0.6) is 0 Å². The van der Waals surface area contributed by atoms with Gasteiger partial charge < -0.3 is 19.1 Å². The van der Waals surface area contributed by atoms with E-state index >= 15 is 0 Å². The van der Waals surface area contributed by atoms with E-state index in [1.54, 1.807) is 0 Å². The summed E-state index contributed by atoms with van der Waals surface area (Å²) in [6.45, 7) is 16.8. The second-order valence-corrected chi connectivity index (χ2v) is 18.0. The van der Waals surface area contributed by atoms with E-state index < -0.39 is 10.8 Å². The number of ether oxygens (including phenoxy) is 3. The number of hydrogen-bond donors (Lipinski definition) is 0. The lowest BCUT2D eigenvalue weighted by Gasteiger charge is -2.23. The predicted molar refractivity (Wildman–Crippen MR) is 226 cm³/mol. The van der Waals surface area contributed by atoms with Crippen LogP contribution in [0.2, 0.25) is 0 Å². The van der Waals surface area contributed by atoms with Crippen molar-refractivity contribution in [1.82, 2.24) is 4.90 Å². The van der Waals surface area contributed by atoms with E-state index in [1.807, 2.05) is 27.7 Å². The molecule has 318 valence electrons. The lowest BCUT2D eigenvalue weighted by Crippen LogP contribution is -2.27. The molecule has 0 aliphatic carbocycles. The van der Waals surface area contributed by atoms with Gasteiger partial charge in [0.1, 0.15) is 6.10 Å². The van der Waals surface area contributed by atoms with Gasteiger partial charge in [-0.15, -0.1) is 0 Å². The molecule has 1 aliphatic heterocycles. The molecule has 0 unspecified atom stereocenters. The molecule has 1 fully saturated rings. The quantitative estimate of drug-likeness (QED) is 0.0361. The Morgan fingerprint density at radius 1 is 0.519 bits per heavy atom. The molecule has 0 atom stereocenters. The van der Waals surface area contributed by atoms with Crippen LogP contribution in [-0.4, -0.2) is 61.8 Å². The molecule has 1 saturated heterocycles. The molecular weight excluding hydrogens is 675 g/mol. The van der Waals surface area contributed by atoms with Gasteiger partial charge in [-0.1, -0.05) is 129 Å². The molecule has 0 aromatic rings. The summed E-state index contributed by atoms with van der Waals surface area (Å²) in [5.41, 5.74) is -0.955. The van der Waals surface area contributed by atoms with Gasteiger partial charge in [-0.2, -0.15) is 0 Å². The van der Waals surface area contributed by atoms with Crippen molar-refractivity contribution in [3.63, 3.8) is 0 Å². The van der Waals surface area contributed by atoms with Gasteiger partial charge in [0.2, 0.25) is 0 Å². The number of unbranched alkanes of at least 4 members (excludes halogenated alkanes) is 16. The van der Waals surface area contributed by atoms with E-state index in [0.717, 1.165) is 116 Å². The van der Waals surface area contributed by atoms with Crippen molar-refractivity contribution in [2.75, 3.05) is 32.8 Å². The van der Waals surface area contributed by atoms with Crippen molar-refractivity contribution >= 4 is 17.9 Å². The number of esters is 3. The molecule has 7 heteroatoms. The molecule has 0 amide bonds. The van der Waals surface area contributed by atoms with E-state index in [9.17, 15) is 14.4 Å². The zero-order valence-electron chi connectivity index (χ0n) is 36.7. The van der Waals surface area contributed by atoms with Gasteiger partial charge in [-0.05, 0) is 118 Å². The van der Waals surface area contributed by atoms with Gasteiger partial charge in [-0.25, -0.2) is 0 Å². The van der Waals surface area contributed by atoms with Gasteiger partial charge in [-0.3, -0.25) is 14.4 Å². The lowest BCUT2D eigenvalue weighted by atomic mass is 9.86. The molecule has 0 radical (unpaired) electrons. The van der Waals surface area contributed by atoms with E-state index in [2.05, 4.69) is 18.7 Å². The Kier molecular flexibility index (Phi) is 30.3. The van der Waals surface area contributed by atoms with Gasteiger partial charge in [0.25, 0.3) is 0 Å². The zero-order chi connectivity index (χ0) is 39.8. The third kappa shape index (κ3) is 27.0. The van der Waals surface area contributed by atoms with Crippen molar-refractivity contribution in [1.29, 1.82) is 0 Å². The second kappa shape index (κ2) is 32.5. The Morgan fingerprint density at radius 2 is 0.926 bits per heavy atom. The van der Waals surface area contributed by atoms with Crippen molar-refractivity contribution in [3.05, 3.63) is 0 Å². The highest BCUT2D eigenvalue weighted by molar-refractivity contribution is 5.76. The Hall–Kier alpha value is -1.63. The average molecular weight is 764 g/mol. The molecule has 0 bridgehead atoms. The Bertz CT molecular complexity index is 871. The maximum absolute atomic E-state index is 13.0. The molecule has 0 spiro atoms. The summed E-state index contributed by atoms with van der Waals surface area (Å²) in [7, 11) is 0. The fourth-order valence-corrected chi connectivity index (χ4v) is 7.59. The number of carbonyl (C=O) groups is 3. The molecule has 0 aromatic heterocycles. The molecule has 1 heterocycles. The Balaban J connectivity index is 2.44. The molecular formula is C47H89NO6. The van der Waals surface area contributed by atoms with Crippen LogP contribution in [-0.2, 0) is 28.6 Å². The van der Waals surface area contributed by atoms with Crippen LogP contribution in [0.3, 0.4) is 0 Å². The molecule has 0 N–H and O–H groups in total. The highest BCUT2D eigenvalue weighted by Gasteiger charge is 2.30. The standard InChI is InChI=1S/C47H89NO6/c1-7-9-11-13-15-19-29-40-52-44(50)46(3,4)35-25-21-23-32-42(54-43(49)34-31-39-48-37-27-17-18-28-38-48)33-24-22-26-36-47(5,6)45(51)53-41-30-20-16-14-12-10-8-2/h42H,7-41H2,1-6H3. The molecule has 0 aromatic carbocycles. The van der Waals surface area contributed by atoms with E-state index in [1.165, 1.54) is 89.9 Å². The number of likely N-dealkylation sites (tertiary alicyclic amines) is 1. The Labute approximate surface area is 334 Å². The van der Waals surface area contributed by atoms with Crippen LogP contribution in [0.1, 0.15) is 234 Å². The fraction of sp³-hybridized carbons (Fsp3) is 0.936. The third-order valence-corrected chi connectivity index (χ3v) is 11.6. The summed E-state index contributed by atoms with van der Waals surface area (Å²) in [6.07, 6.45) is 32.6. The van der Waals surface area contributed by atoms with Crippen LogP contribution in [0, 0.1) is 10.8 Å². The highest BCUT2D eigenvalue weighted by Crippen LogP contribution is 2.28. The molecule has 0 saturated carbocycles. The topological polar surface area (TPSA) is 82.1 Å². The first-order valence-electron chi connectivity index (χ1n) is 23.3. The molecule has 54 heavy (non-hydrogen) atoms. The minimum Gasteiger partial charge on any atom is -0.465 e. The van der Waals surface area contributed by atoms with Crippen LogP contribution < -0.4 is 0 Å². The summed E-state index contributed by atoms with van der Waals surface area (Å²) in [5.74, 6) is -0.223. The smallest absolute Gasteiger partial charge is 0.311 e. The van der Waals surface area contributed by atoms with Crippen LogP contribution in [0.25, 0.3) is 0 Å². The molecule has 1 rings (SSSR count). The number of nitrogens with zero attached hydrogens (tertiary/aromatic N) is 1. The first-order chi connectivity index (χ1) is 26.0. The zero-order valence-corrected chi connectivity index (χ0v) is 36.7. The first kappa shape index (κ1) is 50.4. The number of rotatable bonds is 35. The van der Waals surface area contributed by atoms with Crippen LogP contribution in [0.4, 0.5) is 0 Å². The number of carbonyl (C=O) groups excluding carboxylic acids is 3. The normalized spacial score (nSPS) is 14.3. The van der Waals surface area contributed by atoms with Gasteiger partial charge in [0.05, 0.1) is 24.0 Å². The second-order valence-electron chi connectivity index (χ2n) is 18.0. The largest absolute Gasteiger partial charge is 0.465 e. The maximum atomic E-state index is 13.0. The SMILES string of the molecule is CCCCCCCCCOC(=O)C(C)(C)CCCCCC(CCCCCC(C)(C)C(=O)OCCCCCCCCC)OC(=O)CCCN1CCCCCC1. The first-order valence-corrected chi connectivity index (χ1v) is 23.3. The fourth-order valence-electron chi connectivity index (χ4n) is 7.59. The minimum atomic E-state index is -0.478. The number of hydrogen-bond acceptors (Lipinski definition) is 7. The molecule has 7 nitrogen and oxygen atoms in total. The van der Waals surface area contributed by atoms with Gasteiger partial charge in [0.15, 0.2) is 0 Å². The van der Waals surface area contributed by atoms with E-state index in [-0.39, 0.29) is 24.0 Å². The predicted octanol–water partition coefficient (Wildman–Crippen LogP) is 13.1. The van der Waals surface area contributed by atoms with Crippen LogP contribution >= 0.6 is 0 Å². The maximum Gasteiger partial charge on any atom is 0.311 e. The average Bonchev–Trinajstić information content (AvgIpc) is 3.42. The molecule has 1 aliphatic rings. The van der Waals surface area contributed by atoms with Crippen molar-refractivity contribution in [2.45, 2.75) is 240 Å². The van der Waals surface area contributed by atoms with Crippen LogP contribution in [0.15, 0.2) is 0 Å². The summed E-state index contributed by atoms with van der Waals surface area (Å²) >= 11 is 0. The van der Waals surface area contributed by atoms with Crippen molar-refractivity contribution < 1.29 is 28.6 Å². The van der Waals surface area contributed by atoms with Crippen molar-refractivity contribution in [3.8, 4) is 0 Å². The summed E-state index contributed by atoms with van der Waals surface area (Å²) in [4.78, 5) is 41.1. The minimum absolute atomic E-state index is 0.0653. The van der Waals surface area contributed by atoms with E-state index in [0.29, 0.717) is 19.6 Å². The third-order valence-electron chi connectivity index (χ3n) is 11.6. The summed E-state index contributed by atoms with van der Waals surface area (Å²) in [5, 5.41) is 0. The van der Waals surface area contributed by atoms with E-state index in [4.69, 9.17) is 14.2 Å². The highest BCUT2D eigenvalue weighted by atomic mass is 16.5. The van der Waals surface area contributed by atoms with Gasteiger partial charge in [0, 0.05) is 6.42 Å². The monoisotopic (exact) mass is 764 g/mol. The summed E-state index contributed by atoms with van der Waals surface area (Å²) < 4.78 is 17.4. The lowest BCUT2D eigenvalue weighted by molar-refractivity contribution is -0.155.